The lowest BCUT2D eigenvalue weighted by Crippen LogP contribution is -2.62. The van der Waals surface area contributed by atoms with Gasteiger partial charge in [-0.1, -0.05) is 0 Å². The van der Waals surface area contributed by atoms with Crippen molar-refractivity contribution in [2.24, 2.45) is 10.7 Å². The maximum absolute atomic E-state index is 14.9. The standard InChI is InChI=1S/C20H15F6N5O2/c1-9-5-10(7-27)8-29-14(9)13(32)6-11-3-4-12(21)15(30-11)18(2)19(22,23)16(20(24,25)26)33-17(28)31-18/h3-5,8,16H,6H2,1-2H3,(H2,28,31)/t16-,18+/m0/s1. The number of hydrogen-bond acceptors (Lipinski definition) is 7. The fourth-order valence-corrected chi connectivity index (χ4v) is 3.35. The van der Waals surface area contributed by atoms with Crippen molar-refractivity contribution in [1.82, 2.24) is 9.97 Å². The smallest absolute Gasteiger partial charge is 0.431 e. The highest BCUT2D eigenvalue weighted by Crippen LogP contribution is 2.50. The number of ketones is 1. The molecule has 0 aliphatic carbocycles. The van der Waals surface area contributed by atoms with Gasteiger partial charge in [0.2, 0.25) is 0 Å². The summed E-state index contributed by atoms with van der Waals surface area (Å²) in [6.07, 6.45) is -8.62. The molecule has 3 heterocycles. The van der Waals surface area contributed by atoms with Crippen LogP contribution in [0, 0.1) is 24.1 Å². The Balaban J connectivity index is 2.03. The summed E-state index contributed by atoms with van der Waals surface area (Å²) < 4.78 is 88.0. The molecule has 1 aliphatic rings. The summed E-state index contributed by atoms with van der Waals surface area (Å²) >= 11 is 0. The fraction of sp³-hybridized carbons (Fsp3) is 0.350. The third-order valence-electron chi connectivity index (χ3n) is 5.03. The zero-order chi connectivity index (χ0) is 24.8. The number of nitriles is 1. The second-order valence-electron chi connectivity index (χ2n) is 7.42. The maximum Gasteiger partial charge on any atom is 0.431 e. The van der Waals surface area contributed by atoms with Gasteiger partial charge in [0.1, 0.15) is 23.3 Å². The van der Waals surface area contributed by atoms with Gasteiger partial charge in [0.25, 0.3) is 12.1 Å². The Labute approximate surface area is 182 Å². The van der Waals surface area contributed by atoms with Crippen molar-refractivity contribution in [3.63, 3.8) is 0 Å². The van der Waals surface area contributed by atoms with E-state index in [1.807, 2.05) is 6.07 Å². The quantitative estimate of drug-likeness (QED) is 0.541. The number of rotatable bonds is 4. The Morgan fingerprint density at radius 3 is 2.58 bits per heavy atom. The Morgan fingerprint density at radius 1 is 1.33 bits per heavy atom. The van der Waals surface area contributed by atoms with E-state index in [0.29, 0.717) is 18.6 Å². The minimum absolute atomic E-state index is 0.0383. The molecule has 13 heteroatoms. The zero-order valence-electron chi connectivity index (χ0n) is 17.0. The minimum Gasteiger partial charge on any atom is -0.446 e. The maximum atomic E-state index is 14.9. The van der Waals surface area contributed by atoms with Crippen molar-refractivity contribution in [2.75, 3.05) is 0 Å². The molecular formula is C20H15F6N5O2. The lowest BCUT2D eigenvalue weighted by molar-refractivity contribution is -0.288. The van der Waals surface area contributed by atoms with E-state index in [4.69, 9.17) is 11.0 Å². The number of ether oxygens (including phenoxy) is 1. The number of nitrogens with two attached hydrogens (primary N) is 1. The Kier molecular flexibility index (Phi) is 5.82. The number of halogens is 6. The van der Waals surface area contributed by atoms with E-state index in [9.17, 15) is 31.1 Å². The monoisotopic (exact) mass is 471 g/mol. The van der Waals surface area contributed by atoms with Crippen LogP contribution in [0.2, 0.25) is 0 Å². The van der Waals surface area contributed by atoms with Crippen molar-refractivity contribution in [2.45, 2.75) is 44.0 Å². The highest BCUT2D eigenvalue weighted by atomic mass is 19.4. The summed E-state index contributed by atoms with van der Waals surface area (Å²) in [5.41, 5.74) is 1.19. The van der Waals surface area contributed by atoms with Crippen LogP contribution >= 0.6 is 0 Å². The molecule has 0 bridgehead atoms. The van der Waals surface area contributed by atoms with Crippen molar-refractivity contribution in [1.29, 1.82) is 5.26 Å². The number of hydrogen-bond donors (Lipinski definition) is 1. The average Bonchev–Trinajstić information content (AvgIpc) is 2.71. The first-order valence-electron chi connectivity index (χ1n) is 9.23. The lowest BCUT2D eigenvalue weighted by Gasteiger charge is -2.42. The second-order valence-corrected chi connectivity index (χ2v) is 7.42. The largest absolute Gasteiger partial charge is 0.446 e. The van der Waals surface area contributed by atoms with Crippen LogP contribution in [0.5, 0.6) is 0 Å². The predicted octanol–water partition coefficient (Wildman–Crippen LogP) is 3.35. The number of amidine groups is 1. The fourth-order valence-electron chi connectivity index (χ4n) is 3.35. The number of carbonyl (C=O) groups excluding carboxylic acids is 1. The molecule has 2 atom stereocenters. The molecule has 0 saturated carbocycles. The number of pyridine rings is 2. The number of aromatic nitrogens is 2. The van der Waals surface area contributed by atoms with E-state index in [2.05, 4.69) is 19.7 Å². The third-order valence-corrected chi connectivity index (χ3v) is 5.03. The number of nitrogens with zero attached hydrogens (tertiary/aromatic N) is 4. The van der Waals surface area contributed by atoms with E-state index in [0.717, 1.165) is 12.3 Å². The Bertz CT molecular complexity index is 1190. The van der Waals surface area contributed by atoms with E-state index < -0.39 is 53.5 Å². The first kappa shape index (κ1) is 24.0. The van der Waals surface area contributed by atoms with Crippen LogP contribution < -0.4 is 5.73 Å². The highest BCUT2D eigenvalue weighted by Gasteiger charge is 2.70. The van der Waals surface area contributed by atoms with Crippen molar-refractivity contribution >= 4 is 11.8 Å². The summed E-state index contributed by atoms with van der Waals surface area (Å²) in [4.78, 5) is 23.5. The molecule has 7 nitrogen and oxygen atoms in total. The molecule has 0 saturated heterocycles. The van der Waals surface area contributed by atoms with Gasteiger partial charge < -0.3 is 10.5 Å². The van der Waals surface area contributed by atoms with Crippen LogP contribution in [0.15, 0.2) is 29.4 Å². The van der Waals surface area contributed by atoms with E-state index in [1.165, 1.54) is 13.0 Å². The van der Waals surface area contributed by atoms with Gasteiger partial charge in [-0.2, -0.15) is 27.2 Å². The van der Waals surface area contributed by atoms with Gasteiger partial charge in [0.15, 0.2) is 11.3 Å². The van der Waals surface area contributed by atoms with E-state index in [-0.39, 0.29) is 17.0 Å². The van der Waals surface area contributed by atoms with Crippen LogP contribution in [0.3, 0.4) is 0 Å². The number of aliphatic imine (C=N–C) groups is 1. The number of alkyl halides is 5. The predicted molar refractivity (Wildman–Crippen MR) is 101 cm³/mol. The van der Waals surface area contributed by atoms with Crippen LogP contribution in [0.4, 0.5) is 26.3 Å². The normalized spacial score (nSPS) is 22.2. The summed E-state index contributed by atoms with van der Waals surface area (Å²) in [7, 11) is 0. The van der Waals surface area contributed by atoms with Crippen molar-refractivity contribution < 1.29 is 35.9 Å². The molecule has 2 N–H and O–H groups in total. The first-order chi connectivity index (χ1) is 15.2. The van der Waals surface area contributed by atoms with Gasteiger partial charge in [-0.25, -0.2) is 9.38 Å². The van der Waals surface area contributed by atoms with E-state index in [1.54, 1.807) is 0 Å². The van der Waals surface area contributed by atoms with Crippen LogP contribution in [-0.2, 0) is 16.7 Å². The molecule has 174 valence electrons. The molecule has 1 aliphatic heterocycles. The summed E-state index contributed by atoms with van der Waals surface area (Å²) in [6.45, 7) is 2.06. The summed E-state index contributed by atoms with van der Waals surface area (Å²) in [6, 6.07) is 3.75. The van der Waals surface area contributed by atoms with Crippen LogP contribution in [-0.4, -0.2) is 40.0 Å². The number of aryl methyl sites for hydroxylation is 1. The minimum atomic E-state index is -5.55. The molecule has 2 aromatic heterocycles. The molecule has 33 heavy (non-hydrogen) atoms. The molecule has 0 fully saturated rings. The third kappa shape index (κ3) is 4.20. The van der Waals surface area contributed by atoms with E-state index >= 15 is 0 Å². The van der Waals surface area contributed by atoms with Gasteiger partial charge in [-0.15, -0.1) is 0 Å². The molecule has 0 spiro atoms. The summed E-state index contributed by atoms with van der Waals surface area (Å²) in [5.74, 6) is -6.81. The summed E-state index contributed by atoms with van der Waals surface area (Å²) in [5, 5.41) is 8.88. The van der Waals surface area contributed by atoms with Crippen molar-refractivity contribution in [3.8, 4) is 6.07 Å². The highest BCUT2D eigenvalue weighted by molar-refractivity contribution is 5.96. The second kappa shape index (κ2) is 8.02. The number of Topliss-reactive ketones (excluding diaryl/α,β-unsaturated/α-hetero) is 1. The topological polar surface area (TPSA) is 114 Å². The molecule has 0 amide bonds. The van der Waals surface area contributed by atoms with Gasteiger partial charge in [-0.05, 0) is 37.6 Å². The van der Waals surface area contributed by atoms with Gasteiger partial charge in [0, 0.05) is 11.9 Å². The van der Waals surface area contributed by atoms with Crippen molar-refractivity contribution in [3.05, 3.63) is 58.4 Å². The molecule has 2 aromatic rings. The molecule has 0 radical (unpaired) electrons. The van der Waals surface area contributed by atoms with Gasteiger partial charge in [0.05, 0.1) is 12.0 Å². The first-order valence-corrected chi connectivity index (χ1v) is 9.23. The Morgan fingerprint density at radius 2 is 2.00 bits per heavy atom. The molecule has 0 aromatic carbocycles. The van der Waals surface area contributed by atoms with Gasteiger partial charge >= 0.3 is 12.1 Å². The SMILES string of the molecule is Cc1cc(C#N)cnc1C(=O)Cc1ccc(F)c([C@@]2(C)N=C(N)O[C@H](C(F)(F)F)C2(F)F)n1. The lowest BCUT2D eigenvalue weighted by atomic mass is 9.84. The van der Waals surface area contributed by atoms with Gasteiger partial charge in [-0.3, -0.25) is 14.8 Å². The molecule has 0 unspecified atom stereocenters. The van der Waals surface area contributed by atoms with Crippen LogP contribution in [0.25, 0.3) is 0 Å². The number of carbonyl (C=O) groups is 1. The molecule has 3 rings (SSSR count). The van der Waals surface area contributed by atoms with Crippen LogP contribution in [0.1, 0.15) is 39.9 Å². The average molecular weight is 471 g/mol. The Hall–Kier alpha value is -3.69. The zero-order valence-corrected chi connectivity index (χ0v) is 17.0. The molecular weight excluding hydrogens is 456 g/mol.